The smallest absolute Gasteiger partial charge is 0.0900 e. The van der Waals surface area contributed by atoms with Crippen LogP contribution < -0.4 is 0 Å². The quantitative estimate of drug-likeness (QED) is 0.684. The number of aromatic nitrogens is 4. The summed E-state index contributed by atoms with van der Waals surface area (Å²) in [6.07, 6.45) is 12.2. The highest BCUT2D eigenvalue weighted by atomic mass is 14.8. The Balaban J connectivity index is 2.05. The molecule has 0 aliphatic carbocycles. The summed E-state index contributed by atoms with van der Waals surface area (Å²) in [7, 11) is 0. The van der Waals surface area contributed by atoms with Gasteiger partial charge in [0.15, 0.2) is 0 Å². The average molecular weight is 234 g/mol. The molecule has 0 radical (unpaired) electrons. The fourth-order valence-corrected chi connectivity index (χ4v) is 1.72. The van der Waals surface area contributed by atoms with Gasteiger partial charge in [0, 0.05) is 53.9 Å². The summed E-state index contributed by atoms with van der Waals surface area (Å²) < 4.78 is 0. The number of pyridine rings is 2. The Kier molecular flexibility index (Phi) is 2.75. The molecule has 3 rings (SSSR count). The van der Waals surface area contributed by atoms with Crippen LogP contribution in [-0.2, 0) is 0 Å². The molecule has 4 nitrogen and oxygen atoms in total. The fourth-order valence-electron chi connectivity index (χ4n) is 1.72. The minimum atomic E-state index is 0.816. The first kappa shape index (κ1) is 10.5. The molecule has 0 atom stereocenters. The van der Waals surface area contributed by atoms with E-state index in [1.165, 1.54) is 0 Å². The van der Waals surface area contributed by atoms with Gasteiger partial charge in [-0.1, -0.05) is 6.07 Å². The Morgan fingerprint density at radius 1 is 0.667 bits per heavy atom. The third-order valence-electron chi connectivity index (χ3n) is 2.59. The first-order valence-corrected chi connectivity index (χ1v) is 5.55. The van der Waals surface area contributed by atoms with E-state index in [0.717, 1.165) is 22.4 Å². The van der Waals surface area contributed by atoms with E-state index in [0.29, 0.717) is 0 Å². The van der Waals surface area contributed by atoms with Crippen LogP contribution in [0.3, 0.4) is 0 Å². The van der Waals surface area contributed by atoms with Gasteiger partial charge in [-0.25, -0.2) is 0 Å². The number of hydrogen-bond donors (Lipinski definition) is 0. The van der Waals surface area contributed by atoms with E-state index in [2.05, 4.69) is 19.9 Å². The molecule has 3 aromatic heterocycles. The van der Waals surface area contributed by atoms with Gasteiger partial charge >= 0.3 is 0 Å². The molecule has 0 aromatic carbocycles. The van der Waals surface area contributed by atoms with E-state index in [9.17, 15) is 0 Å². The number of rotatable bonds is 2. The van der Waals surface area contributed by atoms with Gasteiger partial charge in [-0.05, 0) is 12.1 Å². The van der Waals surface area contributed by atoms with E-state index in [1.54, 1.807) is 31.0 Å². The van der Waals surface area contributed by atoms with Gasteiger partial charge in [0.05, 0.1) is 11.9 Å². The van der Waals surface area contributed by atoms with Crippen molar-refractivity contribution in [1.82, 2.24) is 19.9 Å². The lowest BCUT2D eigenvalue weighted by atomic mass is 10.1. The van der Waals surface area contributed by atoms with Crippen molar-refractivity contribution < 1.29 is 0 Å². The molecular weight excluding hydrogens is 224 g/mol. The highest BCUT2D eigenvalue weighted by Crippen LogP contribution is 2.22. The van der Waals surface area contributed by atoms with E-state index < -0.39 is 0 Å². The lowest BCUT2D eigenvalue weighted by Gasteiger charge is -2.03. The average Bonchev–Trinajstić information content (AvgIpc) is 2.49. The van der Waals surface area contributed by atoms with Gasteiger partial charge in [-0.3, -0.25) is 19.9 Å². The van der Waals surface area contributed by atoms with Gasteiger partial charge in [-0.15, -0.1) is 0 Å². The predicted molar refractivity (Wildman–Crippen MR) is 68.5 cm³/mol. The zero-order valence-electron chi connectivity index (χ0n) is 9.56. The molecule has 3 aromatic rings. The molecule has 86 valence electrons. The van der Waals surface area contributed by atoms with Gasteiger partial charge in [0.25, 0.3) is 0 Å². The predicted octanol–water partition coefficient (Wildman–Crippen LogP) is 2.60. The first-order valence-electron chi connectivity index (χ1n) is 5.55. The maximum Gasteiger partial charge on any atom is 0.0900 e. The molecule has 0 amide bonds. The monoisotopic (exact) mass is 234 g/mol. The summed E-state index contributed by atoms with van der Waals surface area (Å²) in [4.78, 5) is 16.7. The fraction of sp³-hybridized carbons (Fsp3) is 0. The second kappa shape index (κ2) is 4.71. The third kappa shape index (κ3) is 2.08. The van der Waals surface area contributed by atoms with Crippen molar-refractivity contribution in [2.24, 2.45) is 0 Å². The Morgan fingerprint density at radius 3 is 2.28 bits per heavy atom. The molecule has 0 N–H and O–H groups in total. The van der Waals surface area contributed by atoms with Gasteiger partial charge in [0.2, 0.25) is 0 Å². The Bertz CT molecular complexity index is 583. The van der Waals surface area contributed by atoms with Crippen molar-refractivity contribution >= 4 is 0 Å². The molecule has 0 aliphatic rings. The Morgan fingerprint density at radius 2 is 1.50 bits per heavy atom. The highest BCUT2D eigenvalue weighted by Gasteiger charge is 2.03. The van der Waals surface area contributed by atoms with Crippen molar-refractivity contribution in [2.45, 2.75) is 0 Å². The van der Waals surface area contributed by atoms with Crippen LogP contribution in [0.25, 0.3) is 22.4 Å². The highest BCUT2D eigenvalue weighted by molar-refractivity contribution is 5.68. The molecule has 3 heterocycles. The lowest BCUT2D eigenvalue weighted by Crippen LogP contribution is -1.87. The molecule has 18 heavy (non-hydrogen) atoms. The van der Waals surface area contributed by atoms with Crippen LogP contribution in [0.5, 0.6) is 0 Å². The molecule has 0 saturated heterocycles. The van der Waals surface area contributed by atoms with E-state index >= 15 is 0 Å². The second-order valence-corrected chi connectivity index (χ2v) is 3.79. The largest absolute Gasteiger partial charge is 0.264 e. The van der Waals surface area contributed by atoms with Crippen molar-refractivity contribution in [3.05, 3.63) is 61.6 Å². The SMILES string of the molecule is c1cncc(-c2cncc(-c3cnccn3)c2)c1. The molecule has 0 unspecified atom stereocenters. The molecular formula is C14H10N4. The summed E-state index contributed by atoms with van der Waals surface area (Å²) >= 11 is 0. The Labute approximate surface area is 104 Å². The van der Waals surface area contributed by atoms with Gasteiger partial charge in [0.1, 0.15) is 0 Å². The van der Waals surface area contributed by atoms with Crippen LogP contribution in [0.4, 0.5) is 0 Å². The van der Waals surface area contributed by atoms with Gasteiger partial charge < -0.3 is 0 Å². The standard InChI is InChI=1S/C14H10N4/c1-2-11(7-15-3-1)12-6-13(9-17-8-12)14-10-16-4-5-18-14/h1-10H. The maximum atomic E-state index is 4.27. The van der Waals surface area contributed by atoms with E-state index in [4.69, 9.17) is 0 Å². The molecule has 0 spiro atoms. The van der Waals surface area contributed by atoms with Crippen molar-refractivity contribution in [3.8, 4) is 22.4 Å². The summed E-state index contributed by atoms with van der Waals surface area (Å²) in [6, 6.07) is 5.95. The zero-order chi connectivity index (χ0) is 12.2. The van der Waals surface area contributed by atoms with Crippen LogP contribution in [-0.4, -0.2) is 19.9 Å². The van der Waals surface area contributed by atoms with Crippen LogP contribution in [0.15, 0.2) is 61.6 Å². The molecule has 0 aliphatic heterocycles. The first-order chi connectivity index (χ1) is 8.93. The topological polar surface area (TPSA) is 51.6 Å². The maximum absolute atomic E-state index is 4.27. The number of nitrogens with zero attached hydrogens (tertiary/aromatic N) is 4. The molecule has 4 heteroatoms. The minimum Gasteiger partial charge on any atom is -0.264 e. The van der Waals surface area contributed by atoms with Crippen molar-refractivity contribution in [3.63, 3.8) is 0 Å². The summed E-state index contributed by atoms with van der Waals surface area (Å²) in [5.74, 6) is 0. The van der Waals surface area contributed by atoms with Crippen molar-refractivity contribution in [1.29, 1.82) is 0 Å². The molecule has 0 fully saturated rings. The molecule has 0 bridgehead atoms. The minimum absolute atomic E-state index is 0.816. The van der Waals surface area contributed by atoms with Crippen LogP contribution in [0.2, 0.25) is 0 Å². The van der Waals surface area contributed by atoms with Crippen LogP contribution in [0, 0.1) is 0 Å². The lowest BCUT2D eigenvalue weighted by molar-refractivity contribution is 1.19. The van der Waals surface area contributed by atoms with Crippen molar-refractivity contribution in [2.75, 3.05) is 0 Å². The van der Waals surface area contributed by atoms with Crippen LogP contribution >= 0.6 is 0 Å². The normalized spacial score (nSPS) is 10.2. The van der Waals surface area contributed by atoms with E-state index in [1.807, 2.05) is 30.6 Å². The zero-order valence-corrected chi connectivity index (χ0v) is 9.56. The summed E-state index contributed by atoms with van der Waals surface area (Å²) in [5.41, 5.74) is 3.82. The Hall–Kier alpha value is -2.62. The summed E-state index contributed by atoms with van der Waals surface area (Å²) in [5, 5.41) is 0. The van der Waals surface area contributed by atoms with E-state index in [-0.39, 0.29) is 0 Å². The summed E-state index contributed by atoms with van der Waals surface area (Å²) in [6.45, 7) is 0. The number of hydrogen-bond acceptors (Lipinski definition) is 4. The molecule has 0 saturated carbocycles. The van der Waals surface area contributed by atoms with Crippen LogP contribution in [0.1, 0.15) is 0 Å². The second-order valence-electron chi connectivity index (χ2n) is 3.79. The van der Waals surface area contributed by atoms with Gasteiger partial charge in [-0.2, -0.15) is 0 Å². The third-order valence-corrected chi connectivity index (χ3v) is 2.59.